The van der Waals surface area contributed by atoms with Gasteiger partial charge in [-0.15, -0.1) is 0 Å². The molecule has 0 aromatic carbocycles. The van der Waals surface area contributed by atoms with Gasteiger partial charge in [-0.3, -0.25) is 4.79 Å². The van der Waals surface area contributed by atoms with E-state index < -0.39 is 5.91 Å². The van der Waals surface area contributed by atoms with Crippen LogP contribution in [-0.2, 0) is 4.79 Å². The van der Waals surface area contributed by atoms with Crippen LogP contribution in [0.15, 0.2) is 18.6 Å². The maximum Gasteiger partial charge on any atom is 0.241 e. The van der Waals surface area contributed by atoms with Gasteiger partial charge >= 0.3 is 0 Å². The standard InChI is InChI=1S/C13H16N4O3/c1-8(4-5-18)20-13-11-9(2-3-10(14)19)6-15-12(11)16-7-17-13/h2-3,6-8,18H,4-5H2,1H3,(H2,14,19)(H,15,16,17). The average molecular weight is 276 g/mol. The van der Waals surface area contributed by atoms with Crippen LogP contribution in [0, 0.1) is 0 Å². The Kier molecular flexibility index (Phi) is 4.31. The first-order valence-corrected chi connectivity index (χ1v) is 6.19. The van der Waals surface area contributed by atoms with Crippen LogP contribution in [0.2, 0.25) is 0 Å². The van der Waals surface area contributed by atoms with Crippen molar-refractivity contribution in [1.29, 1.82) is 0 Å². The van der Waals surface area contributed by atoms with Crippen LogP contribution in [0.4, 0.5) is 0 Å². The first kappa shape index (κ1) is 14.0. The van der Waals surface area contributed by atoms with Crippen LogP contribution >= 0.6 is 0 Å². The number of fused-ring (bicyclic) bond motifs is 1. The fourth-order valence-electron chi connectivity index (χ4n) is 1.78. The zero-order valence-corrected chi connectivity index (χ0v) is 11.0. The lowest BCUT2D eigenvalue weighted by atomic mass is 10.2. The van der Waals surface area contributed by atoms with E-state index in [1.54, 1.807) is 12.3 Å². The van der Waals surface area contributed by atoms with Crippen molar-refractivity contribution < 1.29 is 14.6 Å². The quantitative estimate of drug-likeness (QED) is 0.669. The highest BCUT2D eigenvalue weighted by Gasteiger charge is 2.13. The fourth-order valence-corrected chi connectivity index (χ4v) is 1.78. The maximum atomic E-state index is 10.8. The average Bonchev–Trinajstić information content (AvgIpc) is 2.81. The smallest absolute Gasteiger partial charge is 0.241 e. The van der Waals surface area contributed by atoms with Crippen molar-refractivity contribution in [1.82, 2.24) is 15.0 Å². The molecule has 0 aliphatic heterocycles. The van der Waals surface area contributed by atoms with Gasteiger partial charge in [0.2, 0.25) is 11.8 Å². The summed E-state index contributed by atoms with van der Waals surface area (Å²) >= 11 is 0. The predicted octanol–water partition coefficient (Wildman–Crippen LogP) is 0.606. The second-order valence-corrected chi connectivity index (χ2v) is 4.32. The number of hydrogen-bond donors (Lipinski definition) is 3. The van der Waals surface area contributed by atoms with Crippen molar-refractivity contribution in [2.75, 3.05) is 6.61 Å². The molecular formula is C13H16N4O3. The van der Waals surface area contributed by atoms with Gasteiger partial charge in [0.1, 0.15) is 12.0 Å². The van der Waals surface area contributed by atoms with Gasteiger partial charge in [-0.05, 0) is 13.0 Å². The minimum atomic E-state index is -0.535. The molecule has 106 valence electrons. The SMILES string of the molecule is CC(CCO)Oc1ncnc2[nH]cc(C=CC(N)=O)c12. The monoisotopic (exact) mass is 276 g/mol. The molecule has 1 amide bonds. The highest BCUT2D eigenvalue weighted by Crippen LogP contribution is 2.27. The number of carbonyl (C=O) groups is 1. The largest absolute Gasteiger partial charge is 0.474 e. The second kappa shape index (κ2) is 6.16. The van der Waals surface area contributed by atoms with Gasteiger partial charge in [0, 0.05) is 30.9 Å². The van der Waals surface area contributed by atoms with E-state index in [0.717, 1.165) is 0 Å². The number of amides is 1. The van der Waals surface area contributed by atoms with Crippen LogP contribution in [0.5, 0.6) is 5.88 Å². The number of nitrogens with two attached hydrogens (primary N) is 1. The summed E-state index contributed by atoms with van der Waals surface area (Å²) in [6.45, 7) is 1.88. The molecule has 0 saturated carbocycles. The second-order valence-electron chi connectivity index (χ2n) is 4.32. The first-order chi connectivity index (χ1) is 9.61. The van der Waals surface area contributed by atoms with E-state index in [1.807, 2.05) is 6.92 Å². The number of aliphatic hydroxyl groups is 1. The number of nitrogens with zero attached hydrogens (tertiary/aromatic N) is 2. The summed E-state index contributed by atoms with van der Waals surface area (Å²) in [7, 11) is 0. The van der Waals surface area contributed by atoms with Crippen molar-refractivity contribution in [3.63, 3.8) is 0 Å². The summed E-state index contributed by atoms with van der Waals surface area (Å²) < 4.78 is 5.69. The molecule has 4 N–H and O–H groups in total. The molecule has 0 aliphatic rings. The third kappa shape index (κ3) is 3.12. The Bertz CT molecular complexity index is 636. The summed E-state index contributed by atoms with van der Waals surface area (Å²) in [5.41, 5.74) is 6.41. The topological polar surface area (TPSA) is 114 Å². The van der Waals surface area contributed by atoms with E-state index in [0.29, 0.717) is 28.9 Å². The number of ether oxygens (including phenoxy) is 1. The number of rotatable bonds is 6. The fraction of sp³-hybridized carbons (Fsp3) is 0.308. The minimum absolute atomic E-state index is 0.0387. The summed E-state index contributed by atoms with van der Waals surface area (Å²) in [5.74, 6) is -0.131. The number of aliphatic hydroxyl groups excluding tert-OH is 1. The molecule has 0 spiro atoms. The Labute approximate surface area is 115 Å². The van der Waals surface area contributed by atoms with Crippen LogP contribution in [0.1, 0.15) is 18.9 Å². The molecule has 2 rings (SSSR count). The van der Waals surface area contributed by atoms with E-state index in [9.17, 15) is 4.79 Å². The van der Waals surface area contributed by atoms with Crippen molar-refractivity contribution in [2.24, 2.45) is 5.73 Å². The Balaban J connectivity index is 2.38. The number of carbonyl (C=O) groups excluding carboxylic acids is 1. The Morgan fingerprint density at radius 2 is 2.40 bits per heavy atom. The molecule has 0 bridgehead atoms. The molecule has 2 aromatic heterocycles. The molecule has 2 aromatic rings. The lowest BCUT2D eigenvalue weighted by Crippen LogP contribution is -2.14. The Morgan fingerprint density at radius 1 is 1.60 bits per heavy atom. The van der Waals surface area contributed by atoms with Gasteiger partial charge in [0.15, 0.2) is 0 Å². The van der Waals surface area contributed by atoms with Crippen LogP contribution in [0.3, 0.4) is 0 Å². The summed E-state index contributed by atoms with van der Waals surface area (Å²) in [5, 5.41) is 9.58. The highest BCUT2D eigenvalue weighted by molar-refractivity contribution is 5.96. The van der Waals surface area contributed by atoms with Crippen molar-refractivity contribution in [2.45, 2.75) is 19.4 Å². The van der Waals surface area contributed by atoms with Gasteiger partial charge < -0.3 is 20.6 Å². The third-order valence-corrected chi connectivity index (χ3v) is 2.74. The van der Waals surface area contributed by atoms with E-state index in [-0.39, 0.29) is 12.7 Å². The van der Waals surface area contributed by atoms with Gasteiger partial charge in [-0.1, -0.05) is 0 Å². The van der Waals surface area contributed by atoms with Crippen molar-refractivity contribution >= 4 is 23.0 Å². The first-order valence-electron chi connectivity index (χ1n) is 6.19. The van der Waals surface area contributed by atoms with Gasteiger partial charge in [0.05, 0.1) is 11.5 Å². The number of aromatic nitrogens is 3. The molecule has 0 radical (unpaired) electrons. The highest BCUT2D eigenvalue weighted by atomic mass is 16.5. The van der Waals surface area contributed by atoms with E-state index in [1.165, 1.54) is 12.4 Å². The maximum absolute atomic E-state index is 10.8. The minimum Gasteiger partial charge on any atom is -0.474 e. The zero-order chi connectivity index (χ0) is 14.5. The number of aromatic amines is 1. The lowest BCUT2D eigenvalue weighted by Gasteiger charge is -2.13. The number of H-pyrrole nitrogens is 1. The van der Waals surface area contributed by atoms with E-state index in [2.05, 4.69) is 15.0 Å². The molecule has 0 saturated heterocycles. The molecule has 1 atom stereocenters. The van der Waals surface area contributed by atoms with E-state index >= 15 is 0 Å². The molecular weight excluding hydrogens is 260 g/mol. The van der Waals surface area contributed by atoms with Gasteiger partial charge in [0.25, 0.3) is 0 Å². The lowest BCUT2D eigenvalue weighted by molar-refractivity contribution is -0.113. The molecule has 0 aliphatic carbocycles. The van der Waals surface area contributed by atoms with Crippen LogP contribution < -0.4 is 10.5 Å². The van der Waals surface area contributed by atoms with Crippen LogP contribution in [-0.4, -0.2) is 38.7 Å². The molecule has 7 heteroatoms. The Hall–Kier alpha value is -2.41. The molecule has 0 fully saturated rings. The summed E-state index contributed by atoms with van der Waals surface area (Å²) in [6, 6.07) is 0. The van der Waals surface area contributed by atoms with Crippen LogP contribution in [0.25, 0.3) is 17.1 Å². The number of nitrogens with one attached hydrogen (secondary N) is 1. The number of primary amides is 1. The van der Waals surface area contributed by atoms with E-state index in [4.69, 9.17) is 15.6 Å². The summed E-state index contributed by atoms with van der Waals surface area (Å²) in [6.07, 6.45) is 6.25. The Morgan fingerprint density at radius 3 is 3.10 bits per heavy atom. The molecule has 7 nitrogen and oxygen atoms in total. The van der Waals surface area contributed by atoms with Gasteiger partial charge in [-0.25, -0.2) is 9.97 Å². The third-order valence-electron chi connectivity index (χ3n) is 2.74. The molecule has 2 heterocycles. The molecule has 20 heavy (non-hydrogen) atoms. The normalized spacial score (nSPS) is 12.9. The van der Waals surface area contributed by atoms with Crippen molar-refractivity contribution in [3.8, 4) is 5.88 Å². The predicted molar refractivity (Wildman–Crippen MR) is 73.9 cm³/mol. The zero-order valence-electron chi connectivity index (χ0n) is 11.0. The number of hydrogen-bond acceptors (Lipinski definition) is 5. The van der Waals surface area contributed by atoms with Gasteiger partial charge in [-0.2, -0.15) is 0 Å². The summed E-state index contributed by atoms with van der Waals surface area (Å²) in [4.78, 5) is 22.0. The van der Waals surface area contributed by atoms with Crippen molar-refractivity contribution in [3.05, 3.63) is 24.2 Å². The molecule has 1 unspecified atom stereocenters.